The summed E-state index contributed by atoms with van der Waals surface area (Å²) in [6.07, 6.45) is 3.63. The maximum atomic E-state index is 10.7. The topological polar surface area (TPSA) is 32.3 Å². The molecule has 67 valence electrons. The summed E-state index contributed by atoms with van der Waals surface area (Å²) < 4.78 is 0. The molecule has 2 rings (SSSR count). The monoisotopic (exact) mass is 166 g/mol. The third-order valence-electron chi connectivity index (χ3n) is 4.04. The van der Waals surface area contributed by atoms with Crippen LogP contribution in [-0.4, -0.2) is 5.71 Å². The average Bonchev–Trinajstić information content (AvgIpc) is 2.39. The average molecular weight is 166 g/mol. The Morgan fingerprint density at radius 2 is 2.08 bits per heavy atom. The molecule has 0 heterocycles. The molecule has 0 aliphatic heterocycles. The van der Waals surface area contributed by atoms with Gasteiger partial charge >= 0.3 is 0 Å². The maximum absolute atomic E-state index is 10.7. The van der Waals surface area contributed by atoms with Crippen molar-refractivity contribution in [1.82, 2.24) is 0 Å². The van der Waals surface area contributed by atoms with Crippen LogP contribution in [0.4, 0.5) is 0 Å². The van der Waals surface area contributed by atoms with E-state index in [-0.39, 0.29) is 10.8 Å². The van der Waals surface area contributed by atoms with Crippen molar-refractivity contribution in [1.29, 1.82) is 0 Å². The fourth-order valence-corrected chi connectivity index (χ4v) is 3.27. The summed E-state index contributed by atoms with van der Waals surface area (Å²) in [7, 11) is 0. The fraction of sp³-hybridized carbons (Fsp3) is 0.900. The quantitative estimate of drug-likeness (QED) is 0.495. The van der Waals surface area contributed by atoms with Crippen molar-refractivity contribution >= 4 is 5.71 Å². The Hall–Kier alpha value is -0.530. The summed E-state index contributed by atoms with van der Waals surface area (Å²) >= 11 is 0. The summed E-state index contributed by atoms with van der Waals surface area (Å²) in [5.41, 5.74) is 1.15. The van der Waals surface area contributed by atoms with Gasteiger partial charge in [0.15, 0.2) is 0 Å². The predicted octanol–water partition coefficient (Wildman–Crippen LogP) is 2.62. The largest absolute Gasteiger partial charge is 0.145 e. The smallest absolute Gasteiger partial charge is 0.0741 e. The van der Waals surface area contributed by atoms with Crippen molar-refractivity contribution in [2.24, 2.45) is 21.9 Å². The standard InChI is InChI=1S/C10H16NO/c1-9(2)7-4-5-10(3,6-7)8(9)11-12/h7H,4-6H2,1-3H3/b11-8+/t7-,10+/m0/s1. The Bertz CT molecular complexity index is 237. The zero-order valence-electron chi connectivity index (χ0n) is 8.05. The highest BCUT2D eigenvalue weighted by atomic mass is 16.4. The van der Waals surface area contributed by atoms with E-state index < -0.39 is 0 Å². The third-order valence-corrected chi connectivity index (χ3v) is 4.04. The minimum absolute atomic E-state index is 0.0781. The molecule has 0 saturated heterocycles. The van der Waals surface area contributed by atoms with Gasteiger partial charge in [-0.15, -0.1) is 5.21 Å². The first kappa shape index (κ1) is 8.09. The molecule has 0 aromatic carbocycles. The van der Waals surface area contributed by atoms with E-state index in [9.17, 15) is 5.21 Å². The van der Waals surface area contributed by atoms with E-state index in [4.69, 9.17) is 0 Å². The SMILES string of the molecule is CC1(C)/C(=N\[O])[C@]2(C)CC[C@H]1C2. The lowest BCUT2D eigenvalue weighted by molar-refractivity contribution is 0.194. The Morgan fingerprint density at radius 3 is 2.42 bits per heavy atom. The molecule has 2 heteroatoms. The van der Waals surface area contributed by atoms with Crippen molar-refractivity contribution in [2.45, 2.75) is 40.0 Å². The number of hydrogen-bond donors (Lipinski definition) is 0. The van der Waals surface area contributed by atoms with Crippen LogP contribution < -0.4 is 0 Å². The zero-order chi connectivity index (χ0) is 8.98. The van der Waals surface area contributed by atoms with Crippen LogP contribution in [0.1, 0.15) is 40.0 Å². The van der Waals surface area contributed by atoms with E-state index >= 15 is 0 Å². The van der Waals surface area contributed by atoms with Crippen molar-refractivity contribution in [2.75, 3.05) is 0 Å². The van der Waals surface area contributed by atoms with Crippen molar-refractivity contribution in [3.8, 4) is 0 Å². The molecule has 2 saturated carbocycles. The minimum Gasteiger partial charge on any atom is -0.145 e. The minimum atomic E-state index is 0.0781. The highest BCUT2D eigenvalue weighted by molar-refractivity contribution is 5.97. The maximum Gasteiger partial charge on any atom is 0.0741 e. The number of rotatable bonds is 0. The summed E-state index contributed by atoms with van der Waals surface area (Å²) in [6.45, 7) is 6.52. The van der Waals surface area contributed by atoms with E-state index in [2.05, 4.69) is 25.9 Å². The molecule has 0 aromatic heterocycles. The first-order chi connectivity index (χ1) is 5.50. The van der Waals surface area contributed by atoms with Crippen LogP contribution in [0.15, 0.2) is 5.16 Å². The summed E-state index contributed by atoms with van der Waals surface area (Å²) in [5.74, 6) is 0.704. The van der Waals surface area contributed by atoms with Gasteiger partial charge in [0.25, 0.3) is 0 Å². The van der Waals surface area contributed by atoms with Crippen molar-refractivity contribution in [3.05, 3.63) is 0 Å². The lowest BCUT2D eigenvalue weighted by Gasteiger charge is -2.33. The van der Waals surface area contributed by atoms with Crippen LogP contribution >= 0.6 is 0 Å². The molecule has 2 fully saturated rings. The zero-order valence-corrected chi connectivity index (χ0v) is 8.05. The Kier molecular flexibility index (Phi) is 1.37. The first-order valence-electron chi connectivity index (χ1n) is 4.72. The van der Waals surface area contributed by atoms with Gasteiger partial charge in [0.1, 0.15) is 0 Å². The van der Waals surface area contributed by atoms with Gasteiger partial charge in [-0.25, -0.2) is 0 Å². The van der Waals surface area contributed by atoms with E-state index in [0.29, 0.717) is 5.92 Å². The lowest BCUT2D eigenvalue weighted by atomic mass is 9.71. The van der Waals surface area contributed by atoms with E-state index in [1.165, 1.54) is 19.3 Å². The molecule has 2 nitrogen and oxygen atoms in total. The van der Waals surface area contributed by atoms with Gasteiger partial charge in [-0.1, -0.05) is 20.8 Å². The molecular weight excluding hydrogens is 150 g/mol. The first-order valence-corrected chi connectivity index (χ1v) is 4.72. The second kappa shape index (κ2) is 2.04. The van der Waals surface area contributed by atoms with Gasteiger partial charge < -0.3 is 0 Å². The molecule has 0 N–H and O–H groups in total. The molecule has 12 heavy (non-hydrogen) atoms. The van der Waals surface area contributed by atoms with E-state index in [1.807, 2.05) is 0 Å². The molecular formula is C10H16NO. The molecule has 2 aliphatic carbocycles. The molecule has 2 atom stereocenters. The van der Waals surface area contributed by atoms with Gasteiger partial charge in [-0.2, -0.15) is 0 Å². The Morgan fingerprint density at radius 1 is 1.42 bits per heavy atom. The van der Waals surface area contributed by atoms with E-state index in [0.717, 1.165) is 5.71 Å². The second-order valence-corrected chi connectivity index (χ2v) is 5.16. The summed E-state index contributed by atoms with van der Waals surface area (Å²) in [4.78, 5) is 0. The third kappa shape index (κ3) is 0.732. The van der Waals surface area contributed by atoms with Crippen LogP contribution in [0.5, 0.6) is 0 Å². The normalized spacial score (nSPS) is 47.2. The molecule has 2 bridgehead atoms. The Labute approximate surface area is 73.7 Å². The van der Waals surface area contributed by atoms with Crippen LogP contribution in [0, 0.1) is 16.7 Å². The van der Waals surface area contributed by atoms with Crippen molar-refractivity contribution in [3.63, 3.8) is 0 Å². The van der Waals surface area contributed by atoms with Gasteiger partial charge in [0.2, 0.25) is 0 Å². The lowest BCUT2D eigenvalue weighted by Crippen LogP contribution is -2.35. The van der Waals surface area contributed by atoms with Crippen LogP contribution in [0.3, 0.4) is 0 Å². The molecule has 0 spiro atoms. The summed E-state index contributed by atoms with van der Waals surface area (Å²) in [6, 6.07) is 0. The molecule has 0 unspecified atom stereocenters. The number of hydrogen-bond acceptors (Lipinski definition) is 1. The highest BCUT2D eigenvalue weighted by Gasteiger charge is 2.57. The van der Waals surface area contributed by atoms with Crippen LogP contribution in [0.25, 0.3) is 0 Å². The number of fused-ring (bicyclic) bond motifs is 2. The van der Waals surface area contributed by atoms with E-state index in [1.54, 1.807) is 0 Å². The number of nitrogens with zero attached hydrogens (tertiary/aromatic N) is 1. The van der Waals surface area contributed by atoms with Gasteiger partial charge in [0, 0.05) is 10.8 Å². The Balaban J connectivity index is 2.45. The van der Waals surface area contributed by atoms with Gasteiger partial charge in [-0.05, 0) is 30.3 Å². The molecule has 1 radical (unpaired) electrons. The van der Waals surface area contributed by atoms with Crippen LogP contribution in [-0.2, 0) is 5.21 Å². The molecule has 0 aromatic rings. The molecule has 0 amide bonds. The predicted molar refractivity (Wildman–Crippen MR) is 47.4 cm³/mol. The molecule has 2 aliphatic rings. The summed E-state index contributed by atoms with van der Waals surface area (Å²) in [5, 5.41) is 14.0. The highest BCUT2D eigenvalue weighted by Crippen LogP contribution is 2.60. The van der Waals surface area contributed by atoms with Crippen molar-refractivity contribution < 1.29 is 5.21 Å². The van der Waals surface area contributed by atoms with Gasteiger partial charge in [-0.3, -0.25) is 0 Å². The van der Waals surface area contributed by atoms with Crippen LogP contribution in [0.2, 0.25) is 0 Å². The van der Waals surface area contributed by atoms with Gasteiger partial charge in [0.05, 0.1) is 5.71 Å². The fourth-order valence-electron chi connectivity index (χ4n) is 3.27. The second-order valence-electron chi connectivity index (χ2n) is 5.16.